The van der Waals surface area contributed by atoms with Gasteiger partial charge >= 0.3 is 0 Å². The fraction of sp³-hybridized carbons (Fsp3) is 0.611. The van der Waals surface area contributed by atoms with Crippen molar-refractivity contribution in [3.8, 4) is 0 Å². The molecule has 0 aromatic heterocycles. The lowest BCUT2D eigenvalue weighted by atomic mass is 9.90. The molecule has 4 nitrogen and oxygen atoms in total. The van der Waals surface area contributed by atoms with Gasteiger partial charge in [-0.1, -0.05) is 13.0 Å². The molecule has 1 aromatic rings. The molecule has 1 aliphatic rings. The number of carbonyl (C=O) groups is 1. The first-order chi connectivity index (χ1) is 10.5. The van der Waals surface area contributed by atoms with E-state index >= 15 is 0 Å². The molecule has 1 aromatic carbocycles. The molecule has 1 fully saturated rings. The number of nitrogens with one attached hydrogen (secondary N) is 2. The smallest absolute Gasteiger partial charge is 0.221 e. The number of aryl methyl sites for hydroxylation is 1. The van der Waals surface area contributed by atoms with Gasteiger partial charge in [-0.05, 0) is 55.7 Å². The summed E-state index contributed by atoms with van der Waals surface area (Å²) in [7, 11) is 0. The number of benzene rings is 1. The number of hydrogen-bond acceptors (Lipinski definition) is 3. The summed E-state index contributed by atoms with van der Waals surface area (Å²) in [4.78, 5) is 11.2. The Kier molecular flexibility index (Phi) is 6.25. The summed E-state index contributed by atoms with van der Waals surface area (Å²) in [5, 5.41) is 6.37. The van der Waals surface area contributed by atoms with Crippen LogP contribution in [0.4, 0.5) is 11.4 Å². The first kappa shape index (κ1) is 16.8. The maximum absolute atomic E-state index is 11.2. The van der Waals surface area contributed by atoms with Gasteiger partial charge in [-0.2, -0.15) is 0 Å². The van der Waals surface area contributed by atoms with Gasteiger partial charge in [0.15, 0.2) is 0 Å². The molecule has 1 atom stereocenters. The molecule has 0 saturated carbocycles. The summed E-state index contributed by atoms with van der Waals surface area (Å²) in [6.45, 7) is 8.72. The van der Waals surface area contributed by atoms with E-state index in [2.05, 4.69) is 24.5 Å². The molecule has 1 saturated heterocycles. The van der Waals surface area contributed by atoms with E-state index in [1.807, 2.05) is 18.2 Å². The first-order valence-corrected chi connectivity index (χ1v) is 8.24. The minimum absolute atomic E-state index is 0.0392. The zero-order valence-corrected chi connectivity index (χ0v) is 13.9. The molecule has 0 spiro atoms. The van der Waals surface area contributed by atoms with E-state index in [4.69, 9.17) is 4.74 Å². The van der Waals surface area contributed by atoms with Crippen LogP contribution < -0.4 is 10.6 Å². The molecule has 1 heterocycles. The molecule has 0 aliphatic carbocycles. The SMILES string of the molecule is CC(=O)Nc1ccc(C)c(NCC(C)CC2CCOCC2)c1. The molecular weight excluding hydrogens is 276 g/mol. The highest BCUT2D eigenvalue weighted by Crippen LogP contribution is 2.24. The van der Waals surface area contributed by atoms with Crippen LogP contribution in [-0.2, 0) is 9.53 Å². The lowest BCUT2D eigenvalue weighted by Gasteiger charge is -2.25. The summed E-state index contributed by atoms with van der Waals surface area (Å²) in [6, 6.07) is 5.99. The quantitative estimate of drug-likeness (QED) is 0.840. The molecule has 0 bridgehead atoms. The van der Waals surface area contributed by atoms with E-state index in [1.54, 1.807) is 0 Å². The monoisotopic (exact) mass is 304 g/mol. The Bertz CT molecular complexity index is 496. The van der Waals surface area contributed by atoms with Crippen LogP contribution in [0.3, 0.4) is 0 Å². The second-order valence-corrected chi connectivity index (χ2v) is 6.49. The Morgan fingerprint density at radius 3 is 2.77 bits per heavy atom. The second kappa shape index (κ2) is 8.18. The average Bonchev–Trinajstić information content (AvgIpc) is 2.48. The van der Waals surface area contributed by atoms with Gasteiger partial charge in [0.1, 0.15) is 0 Å². The van der Waals surface area contributed by atoms with E-state index in [1.165, 1.54) is 31.7 Å². The summed E-state index contributed by atoms with van der Waals surface area (Å²) in [5.41, 5.74) is 3.15. The van der Waals surface area contributed by atoms with Crippen LogP contribution in [0.1, 0.15) is 38.7 Å². The number of hydrogen-bond donors (Lipinski definition) is 2. The van der Waals surface area contributed by atoms with Crippen LogP contribution in [0.25, 0.3) is 0 Å². The molecule has 0 radical (unpaired) electrons. The van der Waals surface area contributed by atoms with E-state index in [0.717, 1.165) is 37.1 Å². The molecular formula is C18H28N2O2. The van der Waals surface area contributed by atoms with Crippen molar-refractivity contribution in [3.63, 3.8) is 0 Å². The maximum Gasteiger partial charge on any atom is 0.221 e. The summed E-state index contributed by atoms with van der Waals surface area (Å²) in [5.74, 6) is 1.40. The highest BCUT2D eigenvalue weighted by atomic mass is 16.5. The number of carbonyl (C=O) groups excluding carboxylic acids is 1. The van der Waals surface area contributed by atoms with Crippen molar-refractivity contribution in [2.24, 2.45) is 11.8 Å². The Hall–Kier alpha value is -1.55. The van der Waals surface area contributed by atoms with Crippen LogP contribution in [0.5, 0.6) is 0 Å². The van der Waals surface area contributed by atoms with Gasteiger partial charge in [0.05, 0.1) is 0 Å². The van der Waals surface area contributed by atoms with E-state index < -0.39 is 0 Å². The number of amides is 1. The van der Waals surface area contributed by atoms with Gasteiger partial charge in [-0.15, -0.1) is 0 Å². The highest BCUT2D eigenvalue weighted by molar-refractivity contribution is 5.89. The van der Waals surface area contributed by atoms with Crippen LogP contribution in [0.15, 0.2) is 18.2 Å². The zero-order chi connectivity index (χ0) is 15.9. The van der Waals surface area contributed by atoms with Crippen LogP contribution >= 0.6 is 0 Å². The number of anilines is 2. The molecule has 1 amide bonds. The third-order valence-electron chi connectivity index (χ3n) is 4.28. The van der Waals surface area contributed by atoms with Crippen molar-refractivity contribution in [3.05, 3.63) is 23.8 Å². The Morgan fingerprint density at radius 1 is 1.36 bits per heavy atom. The van der Waals surface area contributed by atoms with Gasteiger partial charge in [-0.25, -0.2) is 0 Å². The fourth-order valence-electron chi connectivity index (χ4n) is 3.01. The molecule has 4 heteroatoms. The Labute approximate surface area is 133 Å². The normalized spacial score (nSPS) is 17.0. The predicted octanol–water partition coefficient (Wildman–Crippen LogP) is 3.82. The van der Waals surface area contributed by atoms with Gasteiger partial charge < -0.3 is 15.4 Å². The predicted molar refractivity (Wildman–Crippen MR) is 91.3 cm³/mol. The number of ether oxygens (including phenoxy) is 1. The van der Waals surface area contributed by atoms with Gasteiger partial charge in [0, 0.05) is 38.1 Å². The van der Waals surface area contributed by atoms with Crippen LogP contribution in [-0.4, -0.2) is 25.7 Å². The van der Waals surface area contributed by atoms with Gasteiger partial charge in [0.25, 0.3) is 0 Å². The average molecular weight is 304 g/mol. The topological polar surface area (TPSA) is 50.4 Å². The number of rotatable bonds is 6. The summed E-state index contributed by atoms with van der Waals surface area (Å²) in [6.07, 6.45) is 3.64. The Balaban J connectivity index is 1.85. The standard InChI is InChI=1S/C18H28N2O2/c1-13(10-16-6-8-22-9-7-16)12-19-18-11-17(20-15(3)21)5-4-14(18)2/h4-5,11,13,16,19H,6-10,12H2,1-3H3,(H,20,21). The second-order valence-electron chi connectivity index (χ2n) is 6.49. The van der Waals surface area contributed by atoms with Crippen molar-refractivity contribution in [2.45, 2.75) is 40.0 Å². The van der Waals surface area contributed by atoms with Crippen molar-refractivity contribution < 1.29 is 9.53 Å². The van der Waals surface area contributed by atoms with E-state index in [9.17, 15) is 4.79 Å². The van der Waals surface area contributed by atoms with Crippen molar-refractivity contribution in [1.29, 1.82) is 0 Å². The minimum atomic E-state index is -0.0392. The van der Waals surface area contributed by atoms with Crippen molar-refractivity contribution >= 4 is 17.3 Å². The lowest BCUT2D eigenvalue weighted by Crippen LogP contribution is -2.21. The minimum Gasteiger partial charge on any atom is -0.385 e. The van der Waals surface area contributed by atoms with Crippen LogP contribution in [0.2, 0.25) is 0 Å². The summed E-state index contributed by atoms with van der Waals surface area (Å²) >= 11 is 0. The van der Waals surface area contributed by atoms with Crippen molar-refractivity contribution in [2.75, 3.05) is 30.4 Å². The third kappa shape index (κ3) is 5.34. The lowest BCUT2D eigenvalue weighted by molar-refractivity contribution is -0.114. The zero-order valence-electron chi connectivity index (χ0n) is 13.9. The summed E-state index contributed by atoms with van der Waals surface area (Å²) < 4.78 is 5.42. The largest absolute Gasteiger partial charge is 0.385 e. The maximum atomic E-state index is 11.2. The fourth-order valence-corrected chi connectivity index (χ4v) is 3.01. The van der Waals surface area contributed by atoms with Gasteiger partial charge in [-0.3, -0.25) is 4.79 Å². The van der Waals surface area contributed by atoms with Gasteiger partial charge in [0.2, 0.25) is 5.91 Å². The highest BCUT2D eigenvalue weighted by Gasteiger charge is 2.16. The van der Waals surface area contributed by atoms with E-state index in [-0.39, 0.29) is 5.91 Å². The molecule has 1 unspecified atom stereocenters. The first-order valence-electron chi connectivity index (χ1n) is 8.24. The van der Waals surface area contributed by atoms with Crippen molar-refractivity contribution in [1.82, 2.24) is 0 Å². The molecule has 122 valence electrons. The Morgan fingerprint density at radius 2 is 2.09 bits per heavy atom. The third-order valence-corrected chi connectivity index (χ3v) is 4.28. The molecule has 1 aliphatic heterocycles. The van der Waals surface area contributed by atoms with E-state index in [0.29, 0.717) is 5.92 Å². The molecule has 2 N–H and O–H groups in total. The van der Waals surface area contributed by atoms with Crippen LogP contribution in [0, 0.1) is 18.8 Å². The molecule has 22 heavy (non-hydrogen) atoms. The molecule has 2 rings (SSSR count).